The highest BCUT2D eigenvalue weighted by atomic mass is 19.1. The van der Waals surface area contributed by atoms with Crippen molar-refractivity contribution >= 4 is 5.57 Å². The van der Waals surface area contributed by atoms with Gasteiger partial charge in [-0.2, -0.15) is 0 Å². The molecule has 2 aliphatic heterocycles. The van der Waals surface area contributed by atoms with Gasteiger partial charge in [0.05, 0.1) is 26.4 Å². The van der Waals surface area contributed by atoms with Gasteiger partial charge in [0.1, 0.15) is 0 Å². The highest BCUT2D eigenvalue weighted by Crippen LogP contribution is 2.35. The first-order valence-electron chi connectivity index (χ1n) is 8.77. The third kappa shape index (κ3) is 3.24. The van der Waals surface area contributed by atoms with E-state index in [1.807, 2.05) is 18.2 Å². The first-order chi connectivity index (χ1) is 12.7. The lowest BCUT2D eigenvalue weighted by Gasteiger charge is -2.44. The van der Waals surface area contributed by atoms with Crippen LogP contribution < -0.4 is 4.74 Å². The Bertz CT molecular complexity index is 799. The number of methoxy groups -OCH3 is 1. The van der Waals surface area contributed by atoms with Crippen LogP contribution in [0.1, 0.15) is 17.5 Å². The monoisotopic (exact) mass is 357 g/mol. The van der Waals surface area contributed by atoms with E-state index in [0.717, 1.165) is 12.1 Å². The average molecular weight is 357 g/mol. The smallest absolute Gasteiger partial charge is 0.190 e. The van der Waals surface area contributed by atoms with Gasteiger partial charge in [-0.1, -0.05) is 36.4 Å². The average Bonchev–Trinajstić information content (AvgIpc) is 2.62. The van der Waals surface area contributed by atoms with Crippen LogP contribution in [0.25, 0.3) is 5.57 Å². The third-order valence-corrected chi connectivity index (χ3v) is 5.12. The first kappa shape index (κ1) is 17.2. The zero-order valence-corrected chi connectivity index (χ0v) is 14.6. The topological polar surface area (TPSA) is 21.7 Å². The minimum atomic E-state index is -0.670. The van der Waals surface area contributed by atoms with E-state index < -0.39 is 11.6 Å². The lowest BCUT2D eigenvalue weighted by molar-refractivity contribution is -0.0402. The molecular formula is C21H21F2NO2. The molecule has 0 N–H and O–H groups in total. The van der Waals surface area contributed by atoms with Gasteiger partial charge in [0.25, 0.3) is 0 Å². The number of benzene rings is 2. The van der Waals surface area contributed by atoms with Crippen LogP contribution in [-0.2, 0) is 11.3 Å². The van der Waals surface area contributed by atoms with E-state index in [2.05, 4.69) is 23.1 Å². The van der Waals surface area contributed by atoms with E-state index in [1.165, 1.54) is 24.8 Å². The Hall–Kier alpha value is -2.24. The summed E-state index contributed by atoms with van der Waals surface area (Å²) >= 11 is 0. The molecule has 3 nitrogen and oxygen atoms in total. The molecular weight excluding hydrogens is 336 g/mol. The molecule has 0 radical (unpaired) electrons. The Morgan fingerprint density at radius 2 is 1.85 bits per heavy atom. The second-order valence-electron chi connectivity index (χ2n) is 6.79. The van der Waals surface area contributed by atoms with E-state index in [9.17, 15) is 8.78 Å². The number of hydrogen-bond acceptors (Lipinski definition) is 3. The molecule has 1 saturated heterocycles. The number of morpholine rings is 1. The van der Waals surface area contributed by atoms with Crippen molar-refractivity contribution in [1.82, 2.24) is 4.90 Å². The summed E-state index contributed by atoms with van der Waals surface area (Å²) < 4.78 is 38.7. The summed E-state index contributed by atoms with van der Waals surface area (Å²) in [5, 5.41) is 0. The molecule has 136 valence electrons. The lowest BCUT2D eigenvalue weighted by atomic mass is 9.89. The first-order valence-corrected chi connectivity index (χ1v) is 8.77. The molecule has 2 atom stereocenters. The van der Waals surface area contributed by atoms with Gasteiger partial charge in [0, 0.05) is 12.6 Å². The zero-order chi connectivity index (χ0) is 18.1. The number of hydrogen-bond donors (Lipinski definition) is 0. The number of halogens is 2. The summed E-state index contributed by atoms with van der Waals surface area (Å²) in [5.74, 6) is -1.67. The molecule has 0 aromatic heterocycles. The SMILES string of the molecule is COc1c(F)cc(C2=CC3COCC(C2)N3Cc2ccccc2)cc1F. The van der Waals surface area contributed by atoms with Crippen LogP contribution in [0.4, 0.5) is 8.78 Å². The van der Waals surface area contributed by atoms with Crippen molar-refractivity contribution in [2.75, 3.05) is 20.3 Å². The maximum absolute atomic E-state index is 14.1. The van der Waals surface area contributed by atoms with Crippen LogP contribution in [0.15, 0.2) is 48.5 Å². The Kier molecular flexibility index (Phi) is 4.74. The molecule has 2 unspecified atom stereocenters. The number of ether oxygens (including phenoxy) is 2. The third-order valence-electron chi connectivity index (χ3n) is 5.12. The van der Waals surface area contributed by atoms with Crippen molar-refractivity contribution in [3.05, 3.63) is 71.3 Å². The van der Waals surface area contributed by atoms with Crippen molar-refractivity contribution in [2.45, 2.75) is 25.0 Å². The van der Waals surface area contributed by atoms with Crippen molar-refractivity contribution in [3.63, 3.8) is 0 Å². The second kappa shape index (κ2) is 7.17. The Morgan fingerprint density at radius 1 is 1.12 bits per heavy atom. The number of nitrogens with zero attached hydrogens (tertiary/aromatic N) is 1. The fourth-order valence-electron chi connectivity index (χ4n) is 3.86. The van der Waals surface area contributed by atoms with Crippen LogP contribution in [-0.4, -0.2) is 37.3 Å². The van der Waals surface area contributed by atoms with Crippen molar-refractivity contribution in [1.29, 1.82) is 0 Å². The number of rotatable bonds is 4. The summed E-state index contributed by atoms with van der Waals surface area (Å²) in [6, 6.07) is 13.3. The van der Waals surface area contributed by atoms with Crippen LogP contribution in [0.2, 0.25) is 0 Å². The molecule has 0 spiro atoms. The number of fused-ring (bicyclic) bond motifs is 2. The summed E-state index contributed by atoms with van der Waals surface area (Å²) in [5.41, 5.74) is 2.80. The Morgan fingerprint density at radius 3 is 2.50 bits per heavy atom. The van der Waals surface area contributed by atoms with Crippen LogP contribution in [0.5, 0.6) is 5.75 Å². The van der Waals surface area contributed by atoms with Gasteiger partial charge in [0.15, 0.2) is 17.4 Å². The lowest BCUT2D eigenvalue weighted by Crippen LogP contribution is -2.53. The fourth-order valence-corrected chi connectivity index (χ4v) is 3.86. The summed E-state index contributed by atoms with van der Waals surface area (Å²) in [6.45, 7) is 2.06. The highest BCUT2D eigenvalue weighted by Gasteiger charge is 2.35. The van der Waals surface area contributed by atoms with Crippen molar-refractivity contribution in [2.24, 2.45) is 0 Å². The fraction of sp³-hybridized carbons (Fsp3) is 0.333. The molecule has 2 aromatic carbocycles. The van der Waals surface area contributed by atoms with E-state index in [0.29, 0.717) is 25.2 Å². The molecule has 26 heavy (non-hydrogen) atoms. The quantitative estimate of drug-likeness (QED) is 0.825. The molecule has 2 aromatic rings. The molecule has 0 amide bonds. The standard InChI is InChI=1S/C21H21F2NO2/c1-25-21-19(22)9-16(10-20(21)23)15-7-17-12-26-13-18(8-15)24(17)11-14-5-3-2-4-6-14/h2-7,9-10,17-18H,8,11-13H2,1H3. The van der Waals surface area contributed by atoms with Gasteiger partial charge < -0.3 is 9.47 Å². The van der Waals surface area contributed by atoms with Gasteiger partial charge in [-0.25, -0.2) is 8.78 Å². The molecule has 2 heterocycles. The van der Waals surface area contributed by atoms with Gasteiger partial charge in [-0.05, 0) is 35.3 Å². The van der Waals surface area contributed by atoms with Crippen LogP contribution in [0, 0.1) is 11.6 Å². The maximum atomic E-state index is 14.1. The van der Waals surface area contributed by atoms with Crippen LogP contribution >= 0.6 is 0 Å². The normalized spacial score (nSPS) is 22.8. The highest BCUT2D eigenvalue weighted by molar-refractivity contribution is 5.68. The maximum Gasteiger partial charge on any atom is 0.190 e. The van der Waals surface area contributed by atoms with Crippen molar-refractivity contribution in [3.8, 4) is 5.75 Å². The minimum Gasteiger partial charge on any atom is -0.491 e. The van der Waals surface area contributed by atoms with Gasteiger partial charge >= 0.3 is 0 Å². The molecule has 5 heteroatoms. The minimum absolute atomic E-state index is 0.103. The molecule has 0 saturated carbocycles. The predicted octanol–water partition coefficient (Wildman–Crippen LogP) is 4.03. The largest absolute Gasteiger partial charge is 0.491 e. The molecule has 0 aliphatic carbocycles. The van der Waals surface area contributed by atoms with Crippen molar-refractivity contribution < 1.29 is 18.3 Å². The van der Waals surface area contributed by atoms with Gasteiger partial charge in [0.2, 0.25) is 0 Å². The Balaban J connectivity index is 1.62. The van der Waals surface area contributed by atoms with E-state index in [1.54, 1.807) is 0 Å². The van der Waals surface area contributed by atoms with Gasteiger partial charge in [-0.15, -0.1) is 0 Å². The predicted molar refractivity (Wildman–Crippen MR) is 95.9 cm³/mol. The molecule has 1 fully saturated rings. The Labute approximate surface area is 151 Å². The molecule has 2 bridgehead atoms. The van der Waals surface area contributed by atoms with E-state index in [-0.39, 0.29) is 17.8 Å². The van der Waals surface area contributed by atoms with E-state index in [4.69, 9.17) is 9.47 Å². The summed E-state index contributed by atoms with van der Waals surface area (Å²) in [6.07, 6.45) is 2.79. The second-order valence-corrected chi connectivity index (χ2v) is 6.79. The van der Waals surface area contributed by atoms with Gasteiger partial charge in [-0.3, -0.25) is 4.90 Å². The summed E-state index contributed by atoms with van der Waals surface area (Å²) in [7, 11) is 1.27. The summed E-state index contributed by atoms with van der Waals surface area (Å²) in [4.78, 5) is 2.42. The van der Waals surface area contributed by atoms with E-state index >= 15 is 0 Å². The molecule has 4 rings (SSSR count). The van der Waals surface area contributed by atoms with Crippen LogP contribution in [0.3, 0.4) is 0 Å². The molecule has 2 aliphatic rings. The zero-order valence-electron chi connectivity index (χ0n) is 14.6.